The van der Waals surface area contributed by atoms with E-state index < -0.39 is 5.54 Å². The van der Waals surface area contributed by atoms with E-state index >= 15 is 0 Å². The Morgan fingerprint density at radius 1 is 1.21 bits per heavy atom. The number of anilines is 1. The van der Waals surface area contributed by atoms with Gasteiger partial charge in [-0.25, -0.2) is 9.79 Å². The van der Waals surface area contributed by atoms with Crippen LogP contribution in [0.15, 0.2) is 47.5 Å². The average molecular weight is 444 g/mol. The molecule has 0 atom stereocenters. The molecule has 0 bridgehead atoms. The van der Waals surface area contributed by atoms with E-state index in [1.165, 1.54) is 0 Å². The van der Waals surface area contributed by atoms with Crippen LogP contribution in [-0.2, 0) is 5.54 Å². The van der Waals surface area contributed by atoms with Gasteiger partial charge in [0.2, 0.25) is 0 Å². The largest absolute Gasteiger partial charge is 0.338 e. The van der Waals surface area contributed by atoms with Crippen LogP contribution in [0.2, 0.25) is 5.02 Å². The number of hydrogen-bond acceptors (Lipinski definition) is 4. The van der Waals surface area contributed by atoms with Gasteiger partial charge in [-0.1, -0.05) is 50.0 Å². The van der Waals surface area contributed by atoms with E-state index in [0.29, 0.717) is 11.6 Å². The van der Waals surface area contributed by atoms with E-state index in [9.17, 15) is 4.79 Å². The van der Waals surface area contributed by atoms with Crippen molar-refractivity contribution in [3.63, 3.8) is 0 Å². The molecule has 0 unspecified atom stereocenters. The van der Waals surface area contributed by atoms with Crippen molar-refractivity contribution >= 4 is 49.7 Å². The van der Waals surface area contributed by atoms with Crippen LogP contribution in [0.5, 0.6) is 0 Å². The molecule has 1 aromatic heterocycles. The second kappa shape index (κ2) is 7.59. The maximum absolute atomic E-state index is 13.0. The maximum Gasteiger partial charge on any atom is 0.322 e. The van der Waals surface area contributed by atoms with Crippen LogP contribution in [0.4, 0.5) is 16.2 Å². The summed E-state index contributed by atoms with van der Waals surface area (Å²) in [6, 6.07) is 13.7. The van der Waals surface area contributed by atoms with Gasteiger partial charge in [0.1, 0.15) is 4.67 Å². The Balaban J connectivity index is 1.99. The topological polar surface area (TPSA) is 44.7 Å². The summed E-state index contributed by atoms with van der Waals surface area (Å²) < 4.78 is 0.947. The Kier molecular flexibility index (Phi) is 5.27. The van der Waals surface area contributed by atoms with Crippen molar-refractivity contribution in [2.75, 3.05) is 11.4 Å². The monoisotopic (exact) mass is 443 g/mol. The van der Waals surface area contributed by atoms with Crippen LogP contribution >= 0.6 is 32.3 Å². The minimum absolute atomic E-state index is 0.0833. The lowest BCUT2D eigenvalue weighted by Gasteiger charge is -2.42. The first kappa shape index (κ1) is 20.1. The third kappa shape index (κ3) is 3.50. The first-order chi connectivity index (χ1) is 13.8. The summed E-state index contributed by atoms with van der Waals surface area (Å²) in [6.07, 6.45) is 0. The summed E-state index contributed by atoms with van der Waals surface area (Å²) in [5.74, 6) is 0. The minimum atomic E-state index is -0.486. The highest BCUT2D eigenvalue weighted by Crippen LogP contribution is 2.49. The number of carbonyl (C=O) groups is 1. The van der Waals surface area contributed by atoms with Crippen molar-refractivity contribution in [2.45, 2.75) is 33.2 Å². The Morgan fingerprint density at radius 2 is 2.00 bits per heavy atom. The Hall–Kier alpha value is -2.15. The molecule has 1 aliphatic rings. The van der Waals surface area contributed by atoms with Gasteiger partial charge in [0, 0.05) is 22.7 Å². The molecular formula is C22H22ClN3OS2. The van der Waals surface area contributed by atoms with Crippen molar-refractivity contribution in [1.82, 2.24) is 5.32 Å². The van der Waals surface area contributed by atoms with E-state index in [1.807, 2.05) is 42.2 Å². The molecule has 0 spiro atoms. The second-order valence-electron chi connectivity index (χ2n) is 7.52. The third-order valence-corrected chi connectivity index (χ3v) is 7.86. The van der Waals surface area contributed by atoms with Gasteiger partial charge in [-0.3, -0.25) is 4.90 Å². The molecule has 3 aromatic rings. The molecule has 2 amide bonds. The van der Waals surface area contributed by atoms with Crippen molar-refractivity contribution in [1.29, 1.82) is 0 Å². The predicted octanol–water partition coefficient (Wildman–Crippen LogP) is 6.46. The molecule has 2 aromatic carbocycles. The molecule has 29 heavy (non-hydrogen) atoms. The highest BCUT2D eigenvalue weighted by molar-refractivity contribution is 7.68. The fourth-order valence-electron chi connectivity index (χ4n) is 3.69. The van der Waals surface area contributed by atoms with Gasteiger partial charge >= 0.3 is 6.03 Å². The summed E-state index contributed by atoms with van der Waals surface area (Å²) in [7, 11) is 3.32. The lowest BCUT2D eigenvalue weighted by Crippen LogP contribution is -2.52. The zero-order valence-electron chi connectivity index (χ0n) is 16.7. The first-order valence-electron chi connectivity index (χ1n) is 9.46. The van der Waals surface area contributed by atoms with Crippen LogP contribution in [0, 0.1) is 6.92 Å². The van der Waals surface area contributed by atoms with Crippen LogP contribution in [0.1, 0.15) is 31.2 Å². The lowest BCUT2D eigenvalue weighted by atomic mass is 9.87. The van der Waals surface area contributed by atoms with E-state index in [4.69, 9.17) is 16.6 Å². The number of nitrogens with one attached hydrogen (secondary N) is 1. The van der Waals surface area contributed by atoms with Gasteiger partial charge in [-0.2, -0.15) is 0 Å². The quantitative estimate of drug-likeness (QED) is 0.454. The van der Waals surface area contributed by atoms with E-state index in [1.54, 1.807) is 20.7 Å². The third-order valence-electron chi connectivity index (χ3n) is 4.99. The van der Waals surface area contributed by atoms with Gasteiger partial charge in [-0.05, 0) is 58.0 Å². The summed E-state index contributed by atoms with van der Waals surface area (Å²) in [5.41, 5.74) is 4.56. The maximum atomic E-state index is 13.0. The number of nitrogens with zero attached hydrogens (tertiary/aromatic N) is 2. The fourth-order valence-corrected chi connectivity index (χ4v) is 6.83. The second-order valence-corrected chi connectivity index (χ2v) is 10.1. The predicted molar refractivity (Wildman–Crippen MR) is 124 cm³/mol. The van der Waals surface area contributed by atoms with Crippen LogP contribution < -0.4 is 14.9 Å². The van der Waals surface area contributed by atoms with E-state index in [0.717, 1.165) is 37.6 Å². The number of urea groups is 1. The molecule has 1 N–H and O–H groups in total. The highest BCUT2D eigenvalue weighted by atomic mass is 35.5. The smallest absolute Gasteiger partial charge is 0.322 e. The van der Waals surface area contributed by atoms with Crippen LogP contribution in [0.25, 0.3) is 11.1 Å². The number of aryl methyl sites for hydroxylation is 1. The standard InChI is InChI=1S/C22H22ClN3OS2/c1-5-24-21(27)26-17-10-9-13(2)11-16(17)18-19(22(26,3)4)28-29-20(18)25-15-8-6-7-14(23)12-15/h6-12H,5H2,1-4H3,(H,24,27). The molecule has 0 saturated carbocycles. The summed E-state index contributed by atoms with van der Waals surface area (Å²) >= 11 is 6.15. The first-order valence-corrected chi connectivity index (χ1v) is 12.0. The van der Waals surface area contributed by atoms with Gasteiger partial charge in [0.05, 0.1) is 21.8 Å². The van der Waals surface area contributed by atoms with Gasteiger partial charge in [0.25, 0.3) is 0 Å². The molecule has 2 heterocycles. The number of amides is 2. The zero-order valence-corrected chi connectivity index (χ0v) is 19.1. The van der Waals surface area contributed by atoms with Gasteiger partial charge in [0.15, 0.2) is 0 Å². The van der Waals surface area contributed by atoms with Crippen LogP contribution in [-0.4, -0.2) is 12.6 Å². The van der Waals surface area contributed by atoms with Crippen molar-refractivity contribution in [3.05, 3.63) is 62.6 Å². The Labute approximate surface area is 182 Å². The van der Waals surface area contributed by atoms with Crippen molar-refractivity contribution in [2.24, 2.45) is 4.99 Å². The normalized spacial score (nSPS) is 15.1. The molecule has 4 rings (SSSR count). The van der Waals surface area contributed by atoms with Crippen molar-refractivity contribution < 1.29 is 4.79 Å². The molecule has 1 aliphatic heterocycles. The Bertz CT molecular complexity index is 1160. The Morgan fingerprint density at radius 3 is 2.72 bits per heavy atom. The SMILES string of the molecule is CCNC(=O)N1c2ccc(C)cc2-c2c(ssc2=Nc2cccc(Cl)c2)C1(C)C. The molecule has 0 fully saturated rings. The minimum Gasteiger partial charge on any atom is -0.338 e. The number of benzene rings is 2. The summed E-state index contributed by atoms with van der Waals surface area (Å²) in [6.45, 7) is 8.78. The number of halogens is 1. The highest BCUT2D eigenvalue weighted by Gasteiger charge is 2.43. The molecule has 0 aliphatic carbocycles. The molecule has 0 radical (unpaired) electrons. The zero-order chi connectivity index (χ0) is 20.8. The van der Waals surface area contributed by atoms with Gasteiger partial charge in [-0.15, -0.1) is 0 Å². The molecule has 7 heteroatoms. The lowest BCUT2D eigenvalue weighted by molar-refractivity contribution is 0.240. The number of rotatable bonds is 2. The van der Waals surface area contributed by atoms with E-state index in [2.05, 4.69) is 38.2 Å². The molecular weight excluding hydrogens is 422 g/mol. The number of hydrogen-bond donors (Lipinski definition) is 1. The van der Waals surface area contributed by atoms with Crippen LogP contribution in [0.3, 0.4) is 0 Å². The van der Waals surface area contributed by atoms with Crippen molar-refractivity contribution in [3.8, 4) is 11.1 Å². The molecule has 0 saturated heterocycles. The average Bonchev–Trinajstić information content (AvgIpc) is 3.07. The molecule has 4 nitrogen and oxygen atoms in total. The number of fused-ring (bicyclic) bond motifs is 3. The summed E-state index contributed by atoms with van der Waals surface area (Å²) in [5, 5.41) is 3.63. The summed E-state index contributed by atoms with van der Waals surface area (Å²) in [4.78, 5) is 20.9. The van der Waals surface area contributed by atoms with Gasteiger partial charge < -0.3 is 5.32 Å². The molecule has 150 valence electrons. The fraction of sp³-hybridized carbons (Fsp3) is 0.273. The number of carbonyl (C=O) groups excluding carboxylic acids is 1. The van der Waals surface area contributed by atoms with E-state index in [-0.39, 0.29) is 6.03 Å².